The molecule has 0 amide bonds. The van der Waals surface area contributed by atoms with Gasteiger partial charge in [-0.2, -0.15) is 0 Å². The van der Waals surface area contributed by atoms with Gasteiger partial charge in [0.05, 0.1) is 12.8 Å². The Bertz CT molecular complexity index is 475. The molecule has 1 aliphatic rings. The first-order valence-electron chi connectivity index (χ1n) is 5.18. The Hall–Kier alpha value is -1.78. The van der Waals surface area contributed by atoms with Crippen LogP contribution < -0.4 is 11.3 Å². The molecule has 0 radical (unpaired) electrons. The van der Waals surface area contributed by atoms with Crippen LogP contribution in [-0.2, 0) is 16.1 Å². The van der Waals surface area contributed by atoms with Gasteiger partial charge in [-0.15, -0.1) is 0 Å². The largest absolute Gasteiger partial charge is 0.468 e. The van der Waals surface area contributed by atoms with Crippen molar-refractivity contribution in [2.24, 2.45) is 0 Å². The predicted molar refractivity (Wildman–Crippen MR) is 59.1 cm³/mol. The van der Waals surface area contributed by atoms with E-state index in [4.69, 9.17) is 5.73 Å². The van der Waals surface area contributed by atoms with E-state index in [1.54, 1.807) is 12.3 Å². The van der Waals surface area contributed by atoms with Gasteiger partial charge in [-0.05, 0) is 30.4 Å². The number of methoxy groups -OCH3 is 1. The van der Waals surface area contributed by atoms with Gasteiger partial charge >= 0.3 is 5.97 Å². The number of rotatable bonds is 3. The molecule has 2 N–H and O–H groups in total. The average Bonchev–Trinajstić information content (AvgIpc) is 3.07. The highest BCUT2D eigenvalue weighted by atomic mass is 16.5. The van der Waals surface area contributed by atoms with E-state index in [2.05, 4.69) is 4.74 Å². The maximum Gasteiger partial charge on any atom is 0.325 e. The van der Waals surface area contributed by atoms with Crippen molar-refractivity contribution < 1.29 is 9.53 Å². The highest BCUT2D eigenvalue weighted by Gasteiger charge is 2.25. The third-order valence-electron chi connectivity index (χ3n) is 2.71. The molecule has 1 fully saturated rings. The van der Waals surface area contributed by atoms with Crippen LogP contribution in [0.25, 0.3) is 0 Å². The number of hydrogen-bond acceptors (Lipinski definition) is 4. The molecule has 1 aromatic heterocycles. The number of nitrogens with zero attached hydrogens (tertiary/aromatic N) is 1. The first-order valence-corrected chi connectivity index (χ1v) is 5.18. The van der Waals surface area contributed by atoms with Crippen LogP contribution >= 0.6 is 0 Å². The second-order valence-corrected chi connectivity index (χ2v) is 4.01. The minimum absolute atomic E-state index is 0.0832. The van der Waals surface area contributed by atoms with Crippen LogP contribution in [0.15, 0.2) is 17.1 Å². The molecule has 1 aromatic rings. The van der Waals surface area contributed by atoms with Crippen molar-refractivity contribution in [3.8, 4) is 0 Å². The number of nitrogens with two attached hydrogens (primary N) is 1. The highest BCUT2D eigenvalue weighted by Crippen LogP contribution is 2.39. The van der Waals surface area contributed by atoms with Crippen LogP contribution in [-0.4, -0.2) is 17.6 Å². The van der Waals surface area contributed by atoms with E-state index in [1.807, 2.05) is 0 Å². The zero-order valence-corrected chi connectivity index (χ0v) is 9.10. The molecule has 0 unspecified atom stereocenters. The Labute approximate surface area is 92.8 Å². The number of pyridine rings is 1. The number of carbonyl (C=O) groups is 1. The SMILES string of the molecule is COC(=O)Cn1cc(C2CC2)cc(N)c1=O. The standard InChI is InChI=1S/C11H14N2O3/c1-16-10(14)6-13-5-8(7-2-3-7)4-9(12)11(13)15/h4-5,7H,2-3,6,12H2,1H3. The maximum absolute atomic E-state index is 11.6. The zero-order chi connectivity index (χ0) is 11.7. The van der Waals surface area contributed by atoms with E-state index in [0.717, 1.165) is 18.4 Å². The number of carbonyl (C=O) groups excluding carboxylic acids is 1. The number of anilines is 1. The van der Waals surface area contributed by atoms with Crippen LogP contribution in [0.3, 0.4) is 0 Å². The normalized spacial score (nSPS) is 14.8. The molecule has 5 nitrogen and oxygen atoms in total. The second kappa shape index (κ2) is 4.00. The Balaban J connectivity index is 2.34. The summed E-state index contributed by atoms with van der Waals surface area (Å²) in [7, 11) is 1.29. The fourth-order valence-electron chi connectivity index (χ4n) is 1.64. The van der Waals surface area contributed by atoms with Gasteiger partial charge in [-0.25, -0.2) is 0 Å². The molecule has 0 bridgehead atoms. The topological polar surface area (TPSA) is 74.3 Å². The van der Waals surface area contributed by atoms with Crippen LogP contribution in [0.1, 0.15) is 24.3 Å². The Kier molecular flexibility index (Phi) is 2.68. The molecule has 2 rings (SSSR count). The summed E-state index contributed by atoms with van der Waals surface area (Å²) < 4.78 is 5.84. The van der Waals surface area contributed by atoms with Crippen molar-refractivity contribution in [1.82, 2.24) is 4.57 Å². The van der Waals surface area contributed by atoms with Gasteiger partial charge in [0.25, 0.3) is 5.56 Å². The van der Waals surface area contributed by atoms with Crippen molar-refractivity contribution in [1.29, 1.82) is 0 Å². The average molecular weight is 222 g/mol. The van der Waals surface area contributed by atoms with E-state index in [1.165, 1.54) is 11.7 Å². The lowest BCUT2D eigenvalue weighted by Gasteiger charge is -2.08. The third kappa shape index (κ3) is 2.08. The fourth-order valence-corrected chi connectivity index (χ4v) is 1.64. The number of aromatic nitrogens is 1. The van der Waals surface area contributed by atoms with E-state index >= 15 is 0 Å². The van der Waals surface area contributed by atoms with Crippen molar-refractivity contribution in [2.45, 2.75) is 25.3 Å². The fraction of sp³-hybridized carbons (Fsp3) is 0.455. The predicted octanol–water partition coefficient (Wildman–Crippen LogP) is 0.481. The Morgan fingerprint density at radius 1 is 1.62 bits per heavy atom. The van der Waals surface area contributed by atoms with Crippen molar-refractivity contribution >= 4 is 11.7 Å². The number of esters is 1. The number of nitrogen functional groups attached to an aromatic ring is 1. The van der Waals surface area contributed by atoms with Gasteiger partial charge in [0, 0.05) is 6.20 Å². The molecule has 0 saturated heterocycles. The molecule has 1 heterocycles. The lowest BCUT2D eigenvalue weighted by atomic mass is 10.2. The number of hydrogen-bond donors (Lipinski definition) is 1. The van der Waals surface area contributed by atoms with E-state index in [0.29, 0.717) is 5.92 Å². The van der Waals surface area contributed by atoms with Crippen LogP contribution in [0.5, 0.6) is 0 Å². The molecular weight excluding hydrogens is 208 g/mol. The van der Waals surface area contributed by atoms with Crippen molar-refractivity contribution in [3.05, 3.63) is 28.2 Å². The molecule has 0 aromatic carbocycles. The van der Waals surface area contributed by atoms with Gasteiger partial charge in [-0.1, -0.05) is 0 Å². The van der Waals surface area contributed by atoms with Gasteiger partial charge in [0.15, 0.2) is 0 Å². The molecule has 86 valence electrons. The summed E-state index contributed by atoms with van der Waals surface area (Å²) in [4.78, 5) is 22.8. The van der Waals surface area contributed by atoms with Gasteiger partial charge in [-0.3, -0.25) is 9.59 Å². The Morgan fingerprint density at radius 3 is 2.88 bits per heavy atom. The first kappa shape index (κ1) is 10.7. The minimum Gasteiger partial charge on any atom is -0.468 e. The van der Waals surface area contributed by atoms with E-state index < -0.39 is 5.97 Å². The summed E-state index contributed by atoms with van der Waals surface area (Å²) in [6.45, 7) is -0.0832. The quantitative estimate of drug-likeness (QED) is 0.755. The summed E-state index contributed by atoms with van der Waals surface area (Å²) in [6, 6.07) is 1.70. The van der Waals surface area contributed by atoms with Crippen LogP contribution in [0, 0.1) is 0 Å². The molecule has 1 aliphatic carbocycles. The Morgan fingerprint density at radius 2 is 2.31 bits per heavy atom. The lowest BCUT2D eigenvalue weighted by Crippen LogP contribution is -2.26. The van der Waals surface area contributed by atoms with E-state index in [9.17, 15) is 9.59 Å². The monoisotopic (exact) mass is 222 g/mol. The van der Waals surface area contributed by atoms with Gasteiger partial charge < -0.3 is 15.0 Å². The smallest absolute Gasteiger partial charge is 0.325 e. The molecule has 5 heteroatoms. The molecule has 0 atom stereocenters. The molecular formula is C11H14N2O3. The summed E-state index contributed by atoms with van der Waals surface area (Å²) in [5.74, 6) is 0.0428. The molecule has 0 aliphatic heterocycles. The molecule has 1 saturated carbocycles. The maximum atomic E-state index is 11.6. The van der Waals surface area contributed by atoms with E-state index in [-0.39, 0.29) is 17.8 Å². The number of ether oxygens (including phenoxy) is 1. The minimum atomic E-state index is -0.450. The highest BCUT2D eigenvalue weighted by molar-refractivity contribution is 5.69. The lowest BCUT2D eigenvalue weighted by molar-refractivity contribution is -0.141. The van der Waals surface area contributed by atoms with Crippen molar-refractivity contribution in [2.75, 3.05) is 12.8 Å². The second-order valence-electron chi connectivity index (χ2n) is 4.01. The van der Waals surface area contributed by atoms with Crippen LogP contribution in [0.4, 0.5) is 5.69 Å². The summed E-state index contributed by atoms with van der Waals surface area (Å²) in [5, 5.41) is 0. The van der Waals surface area contributed by atoms with Crippen molar-refractivity contribution in [3.63, 3.8) is 0 Å². The third-order valence-corrected chi connectivity index (χ3v) is 2.71. The van der Waals surface area contributed by atoms with Gasteiger partial charge in [0.2, 0.25) is 0 Å². The summed E-state index contributed by atoms with van der Waals surface area (Å²) in [5.41, 5.74) is 6.50. The zero-order valence-electron chi connectivity index (χ0n) is 9.10. The molecule has 0 spiro atoms. The summed E-state index contributed by atoms with van der Waals surface area (Å²) >= 11 is 0. The van der Waals surface area contributed by atoms with Crippen LogP contribution in [0.2, 0.25) is 0 Å². The first-order chi connectivity index (χ1) is 7.61. The molecule has 16 heavy (non-hydrogen) atoms. The summed E-state index contributed by atoms with van der Waals surface area (Å²) in [6.07, 6.45) is 3.94. The van der Waals surface area contributed by atoms with Gasteiger partial charge in [0.1, 0.15) is 6.54 Å².